The minimum absolute atomic E-state index is 0.285. The number of rotatable bonds is 5. The molecule has 2 amide bonds. The number of carbonyl (C=O) groups is 1. The predicted molar refractivity (Wildman–Crippen MR) is 129 cm³/mol. The van der Waals surface area contributed by atoms with Crippen molar-refractivity contribution in [2.45, 2.75) is 6.54 Å². The van der Waals surface area contributed by atoms with E-state index in [1.165, 1.54) is 0 Å². The zero-order valence-electron chi connectivity index (χ0n) is 17.5. The fourth-order valence-corrected chi connectivity index (χ4v) is 3.74. The number of anilines is 3. The normalized spacial score (nSPS) is 10.9. The molecule has 158 valence electrons. The summed E-state index contributed by atoms with van der Waals surface area (Å²) < 4.78 is 2.04. The second-order valence-electron chi connectivity index (χ2n) is 7.57. The topological polar surface area (TPSA) is 83.9 Å². The minimum Gasteiger partial charge on any atom is -0.365 e. The minimum atomic E-state index is -0.285. The molecule has 0 saturated carbocycles. The maximum absolute atomic E-state index is 12.5. The molecule has 2 heterocycles. The summed E-state index contributed by atoms with van der Waals surface area (Å²) in [5.74, 6) is 0.781. The summed E-state index contributed by atoms with van der Waals surface area (Å²) in [4.78, 5) is 21.1. The highest BCUT2D eigenvalue weighted by atomic mass is 16.2. The lowest BCUT2D eigenvalue weighted by Crippen LogP contribution is -2.19. The Hall–Kier alpha value is -4.39. The van der Waals surface area contributed by atoms with Gasteiger partial charge in [-0.25, -0.2) is 14.8 Å². The van der Waals surface area contributed by atoms with Crippen molar-refractivity contribution < 1.29 is 4.79 Å². The van der Waals surface area contributed by atoms with Crippen molar-refractivity contribution in [1.29, 1.82) is 0 Å². The van der Waals surface area contributed by atoms with Gasteiger partial charge in [0.2, 0.25) is 0 Å². The second kappa shape index (κ2) is 8.39. The Morgan fingerprint density at radius 2 is 1.75 bits per heavy atom. The number of carbonyl (C=O) groups excluding carboxylic acids is 1. The highest BCUT2D eigenvalue weighted by molar-refractivity contribution is 6.01. The molecule has 7 heteroatoms. The van der Waals surface area contributed by atoms with Crippen LogP contribution in [0.1, 0.15) is 5.56 Å². The van der Waals surface area contributed by atoms with Crippen LogP contribution < -0.4 is 16.0 Å². The van der Waals surface area contributed by atoms with Crippen molar-refractivity contribution in [2.75, 3.05) is 16.0 Å². The van der Waals surface area contributed by atoms with Crippen molar-refractivity contribution in [3.63, 3.8) is 0 Å². The molecule has 5 aromatic rings. The molecule has 32 heavy (non-hydrogen) atoms. The molecule has 0 atom stereocenters. The van der Waals surface area contributed by atoms with E-state index in [-0.39, 0.29) is 6.03 Å². The Morgan fingerprint density at radius 3 is 2.66 bits per heavy atom. The van der Waals surface area contributed by atoms with Gasteiger partial charge >= 0.3 is 6.03 Å². The Bertz CT molecular complexity index is 1420. The third-order valence-corrected chi connectivity index (χ3v) is 5.33. The van der Waals surface area contributed by atoms with Crippen molar-refractivity contribution in [3.05, 3.63) is 90.9 Å². The van der Waals surface area contributed by atoms with Crippen LogP contribution in [0.4, 0.5) is 22.0 Å². The van der Waals surface area contributed by atoms with Crippen LogP contribution in [0, 0.1) is 0 Å². The number of aryl methyl sites for hydroxylation is 1. The van der Waals surface area contributed by atoms with Crippen LogP contribution >= 0.6 is 0 Å². The van der Waals surface area contributed by atoms with Gasteiger partial charge in [-0.05, 0) is 54.1 Å². The number of benzene rings is 3. The van der Waals surface area contributed by atoms with Gasteiger partial charge in [0, 0.05) is 47.5 Å². The third-order valence-electron chi connectivity index (χ3n) is 5.33. The number of urea groups is 1. The number of amides is 2. The smallest absolute Gasteiger partial charge is 0.323 e. The molecule has 0 unspecified atom stereocenters. The average molecular weight is 422 g/mol. The first-order valence-corrected chi connectivity index (χ1v) is 10.3. The highest BCUT2D eigenvalue weighted by Gasteiger charge is 2.07. The molecule has 2 aromatic heterocycles. The van der Waals surface area contributed by atoms with E-state index >= 15 is 0 Å². The van der Waals surface area contributed by atoms with E-state index < -0.39 is 0 Å². The molecule has 0 aliphatic carbocycles. The van der Waals surface area contributed by atoms with E-state index in [1.807, 2.05) is 90.6 Å². The monoisotopic (exact) mass is 422 g/mol. The van der Waals surface area contributed by atoms with Crippen molar-refractivity contribution in [3.8, 4) is 0 Å². The van der Waals surface area contributed by atoms with E-state index in [0.29, 0.717) is 6.54 Å². The van der Waals surface area contributed by atoms with Gasteiger partial charge in [-0.2, -0.15) is 0 Å². The van der Waals surface area contributed by atoms with Gasteiger partial charge < -0.3 is 20.5 Å². The van der Waals surface area contributed by atoms with Crippen molar-refractivity contribution >= 4 is 45.0 Å². The number of hydrogen-bond acceptors (Lipinski definition) is 4. The number of para-hydroxylation sites is 1. The first kappa shape index (κ1) is 19.6. The first-order valence-electron chi connectivity index (χ1n) is 10.3. The maximum atomic E-state index is 12.5. The Balaban J connectivity index is 1.24. The van der Waals surface area contributed by atoms with Crippen LogP contribution in [-0.4, -0.2) is 20.6 Å². The number of nitrogens with one attached hydrogen (secondary N) is 3. The summed E-state index contributed by atoms with van der Waals surface area (Å²) >= 11 is 0. The van der Waals surface area contributed by atoms with Crippen molar-refractivity contribution in [2.24, 2.45) is 7.05 Å². The van der Waals surface area contributed by atoms with Gasteiger partial charge in [0.1, 0.15) is 12.1 Å². The quantitative estimate of drug-likeness (QED) is 0.355. The predicted octanol–water partition coefficient (Wildman–Crippen LogP) is 5.38. The lowest BCUT2D eigenvalue weighted by Gasteiger charge is -2.11. The Morgan fingerprint density at radius 1 is 0.906 bits per heavy atom. The lowest BCUT2D eigenvalue weighted by atomic mass is 10.2. The SMILES string of the molecule is Cn1ccc2cc(NC(=O)Nc3cccc(CNc4ncnc5ccccc45)c3)ccc21. The number of hydrogen-bond donors (Lipinski definition) is 3. The second-order valence-corrected chi connectivity index (χ2v) is 7.57. The molecule has 0 aliphatic rings. The number of fused-ring (bicyclic) bond motifs is 2. The molecule has 0 spiro atoms. The van der Waals surface area contributed by atoms with Crippen LogP contribution in [0.15, 0.2) is 85.3 Å². The molecule has 0 fully saturated rings. The third kappa shape index (κ3) is 4.09. The summed E-state index contributed by atoms with van der Waals surface area (Å²) in [5, 5.41) is 11.2. The van der Waals surface area contributed by atoms with Gasteiger partial charge in [-0.1, -0.05) is 24.3 Å². The van der Waals surface area contributed by atoms with E-state index in [2.05, 4.69) is 25.9 Å². The summed E-state index contributed by atoms with van der Waals surface area (Å²) in [6, 6.07) is 23.2. The van der Waals surface area contributed by atoms with Gasteiger partial charge in [0.15, 0.2) is 0 Å². The standard InChI is InChI=1S/C25H22N6O/c1-31-12-11-18-14-20(9-10-23(18)31)30-25(32)29-19-6-4-5-17(13-19)15-26-24-21-7-2-3-8-22(21)27-16-28-24/h2-14,16H,15H2,1H3,(H,26,27,28)(H2,29,30,32). The Kier molecular flexibility index (Phi) is 5.13. The first-order chi connectivity index (χ1) is 15.7. The van der Waals surface area contributed by atoms with Gasteiger partial charge in [0.05, 0.1) is 5.52 Å². The molecule has 5 rings (SSSR count). The molecule has 3 aromatic carbocycles. The van der Waals surface area contributed by atoms with E-state index in [1.54, 1.807) is 6.33 Å². The molecule has 0 aliphatic heterocycles. The molecule has 3 N–H and O–H groups in total. The number of aromatic nitrogens is 3. The molecule has 0 saturated heterocycles. The van der Waals surface area contributed by atoms with Crippen LogP contribution in [-0.2, 0) is 13.6 Å². The van der Waals surface area contributed by atoms with E-state index in [0.717, 1.165) is 44.6 Å². The summed E-state index contributed by atoms with van der Waals surface area (Å²) in [5.41, 5.74) is 4.50. The van der Waals surface area contributed by atoms with Crippen molar-refractivity contribution in [1.82, 2.24) is 14.5 Å². The Labute approximate surface area is 185 Å². The summed E-state index contributed by atoms with van der Waals surface area (Å²) in [7, 11) is 2.00. The maximum Gasteiger partial charge on any atom is 0.323 e. The molecule has 7 nitrogen and oxygen atoms in total. The fourth-order valence-electron chi connectivity index (χ4n) is 3.74. The molecule has 0 bridgehead atoms. The molecular weight excluding hydrogens is 400 g/mol. The highest BCUT2D eigenvalue weighted by Crippen LogP contribution is 2.21. The van der Waals surface area contributed by atoms with Crippen LogP contribution in [0.25, 0.3) is 21.8 Å². The average Bonchev–Trinajstić information content (AvgIpc) is 3.18. The van der Waals surface area contributed by atoms with E-state index in [9.17, 15) is 4.79 Å². The zero-order chi connectivity index (χ0) is 21.9. The van der Waals surface area contributed by atoms with Gasteiger partial charge in [-0.3, -0.25) is 0 Å². The zero-order valence-corrected chi connectivity index (χ0v) is 17.5. The fraction of sp³-hybridized carbons (Fsp3) is 0.0800. The largest absolute Gasteiger partial charge is 0.365 e. The van der Waals surface area contributed by atoms with Gasteiger partial charge in [0.25, 0.3) is 0 Å². The van der Waals surface area contributed by atoms with Crippen LogP contribution in [0.5, 0.6) is 0 Å². The molecule has 0 radical (unpaired) electrons. The van der Waals surface area contributed by atoms with E-state index in [4.69, 9.17) is 0 Å². The van der Waals surface area contributed by atoms with Gasteiger partial charge in [-0.15, -0.1) is 0 Å². The summed E-state index contributed by atoms with van der Waals surface area (Å²) in [6.45, 7) is 0.572. The van der Waals surface area contributed by atoms with Crippen LogP contribution in [0.2, 0.25) is 0 Å². The molecular formula is C25H22N6O. The lowest BCUT2D eigenvalue weighted by molar-refractivity contribution is 0.262. The number of nitrogens with zero attached hydrogens (tertiary/aromatic N) is 3. The van der Waals surface area contributed by atoms with Crippen LogP contribution in [0.3, 0.4) is 0 Å². The summed E-state index contributed by atoms with van der Waals surface area (Å²) in [6.07, 6.45) is 3.55.